The van der Waals surface area contributed by atoms with Crippen molar-refractivity contribution in [3.8, 4) is 6.07 Å². The first-order valence-corrected chi connectivity index (χ1v) is 7.03. The molecule has 1 N–H and O–H groups in total. The van der Waals surface area contributed by atoms with Gasteiger partial charge in [0, 0.05) is 10.2 Å². The number of carbonyl (C=O) groups is 1. The van der Waals surface area contributed by atoms with Crippen molar-refractivity contribution in [2.45, 2.75) is 0 Å². The molecule has 0 fully saturated rings. The molecule has 0 saturated carbocycles. The third-order valence-electron chi connectivity index (χ3n) is 2.54. The fraction of sp³-hybridized carbons (Fsp3) is 0. The van der Waals surface area contributed by atoms with Crippen LogP contribution in [0.5, 0.6) is 0 Å². The highest BCUT2D eigenvalue weighted by Gasteiger charge is 2.13. The lowest BCUT2D eigenvalue weighted by Gasteiger charge is -2.08. The molecule has 0 bridgehead atoms. The molecular formula is C14H7BrCl2N2O. The van der Waals surface area contributed by atoms with Crippen molar-refractivity contribution in [1.29, 1.82) is 5.26 Å². The van der Waals surface area contributed by atoms with E-state index in [1.54, 1.807) is 30.3 Å². The highest BCUT2D eigenvalue weighted by molar-refractivity contribution is 9.10. The summed E-state index contributed by atoms with van der Waals surface area (Å²) in [7, 11) is 0. The van der Waals surface area contributed by atoms with E-state index in [4.69, 9.17) is 28.5 Å². The van der Waals surface area contributed by atoms with Crippen LogP contribution in [0.3, 0.4) is 0 Å². The Balaban J connectivity index is 2.26. The number of anilines is 1. The first-order chi connectivity index (χ1) is 9.52. The summed E-state index contributed by atoms with van der Waals surface area (Å²) in [5, 5.41) is 12.1. The molecule has 0 unspecified atom stereocenters. The Hall–Kier alpha value is -1.54. The topological polar surface area (TPSA) is 52.9 Å². The minimum absolute atomic E-state index is 0.283. The second kappa shape index (κ2) is 6.27. The van der Waals surface area contributed by atoms with E-state index >= 15 is 0 Å². The van der Waals surface area contributed by atoms with Gasteiger partial charge in [-0.15, -0.1) is 0 Å². The van der Waals surface area contributed by atoms with Gasteiger partial charge in [-0.25, -0.2) is 0 Å². The summed E-state index contributed by atoms with van der Waals surface area (Å²) < 4.78 is 0.643. The molecule has 3 nitrogen and oxygen atoms in total. The van der Waals surface area contributed by atoms with Crippen LogP contribution in [-0.4, -0.2) is 5.91 Å². The van der Waals surface area contributed by atoms with Crippen molar-refractivity contribution >= 4 is 50.7 Å². The number of rotatable bonds is 2. The third kappa shape index (κ3) is 3.13. The fourth-order valence-corrected chi connectivity index (χ4v) is 2.36. The quantitative estimate of drug-likeness (QED) is 0.820. The van der Waals surface area contributed by atoms with Crippen LogP contribution >= 0.6 is 39.1 Å². The fourth-order valence-electron chi connectivity index (χ4n) is 1.56. The third-order valence-corrected chi connectivity index (χ3v) is 4.15. The monoisotopic (exact) mass is 368 g/mol. The van der Waals surface area contributed by atoms with E-state index in [0.29, 0.717) is 26.3 Å². The van der Waals surface area contributed by atoms with Gasteiger partial charge in [-0.05, 0) is 46.3 Å². The lowest BCUT2D eigenvalue weighted by Crippen LogP contribution is -2.12. The Labute approximate surface area is 134 Å². The van der Waals surface area contributed by atoms with Crippen molar-refractivity contribution < 1.29 is 4.79 Å². The van der Waals surface area contributed by atoms with Gasteiger partial charge in [0.25, 0.3) is 5.91 Å². The van der Waals surface area contributed by atoms with Gasteiger partial charge < -0.3 is 5.32 Å². The predicted molar refractivity (Wildman–Crippen MR) is 83.3 cm³/mol. The standard InChI is InChI=1S/C14H7BrCl2N2O/c15-11-3-1-2-10(13(11)17)14(20)19-9-5-4-8(7-18)12(16)6-9/h1-6H,(H,19,20). The molecule has 6 heteroatoms. The minimum atomic E-state index is -0.350. The van der Waals surface area contributed by atoms with Crippen LogP contribution in [0.2, 0.25) is 10.0 Å². The Morgan fingerprint density at radius 3 is 2.65 bits per heavy atom. The zero-order chi connectivity index (χ0) is 14.7. The first-order valence-electron chi connectivity index (χ1n) is 5.48. The molecule has 0 aliphatic rings. The zero-order valence-corrected chi connectivity index (χ0v) is 13.1. The maximum Gasteiger partial charge on any atom is 0.257 e. The van der Waals surface area contributed by atoms with Gasteiger partial charge >= 0.3 is 0 Å². The number of nitrogens with one attached hydrogen (secondary N) is 1. The average Bonchev–Trinajstić information content (AvgIpc) is 2.42. The van der Waals surface area contributed by atoms with Gasteiger partial charge in [-0.3, -0.25) is 4.79 Å². The van der Waals surface area contributed by atoms with E-state index in [1.165, 1.54) is 6.07 Å². The predicted octanol–water partition coefficient (Wildman–Crippen LogP) is 4.88. The van der Waals surface area contributed by atoms with Crippen LogP contribution in [0.25, 0.3) is 0 Å². The molecule has 0 saturated heterocycles. The highest BCUT2D eigenvalue weighted by Crippen LogP contribution is 2.27. The summed E-state index contributed by atoms with van der Waals surface area (Å²) >= 11 is 15.2. The molecule has 2 aromatic carbocycles. The number of carbonyl (C=O) groups excluding carboxylic acids is 1. The molecule has 1 amide bonds. The number of amides is 1. The summed E-state index contributed by atoms with van der Waals surface area (Å²) in [6.45, 7) is 0. The lowest BCUT2D eigenvalue weighted by atomic mass is 10.2. The normalized spacial score (nSPS) is 9.90. The van der Waals surface area contributed by atoms with E-state index in [0.717, 1.165) is 0 Å². The van der Waals surface area contributed by atoms with E-state index in [9.17, 15) is 4.79 Å². The summed E-state index contributed by atoms with van der Waals surface area (Å²) in [6, 6.07) is 11.7. The van der Waals surface area contributed by atoms with Crippen molar-refractivity contribution in [2.24, 2.45) is 0 Å². The molecule has 0 atom stereocenters. The van der Waals surface area contributed by atoms with Gasteiger partial charge in [0.15, 0.2) is 0 Å². The molecular weight excluding hydrogens is 363 g/mol. The lowest BCUT2D eigenvalue weighted by molar-refractivity contribution is 0.102. The number of nitriles is 1. The summed E-state index contributed by atoms with van der Waals surface area (Å²) in [5.74, 6) is -0.350. The van der Waals surface area contributed by atoms with E-state index in [1.807, 2.05) is 6.07 Å². The maximum absolute atomic E-state index is 12.1. The molecule has 100 valence electrons. The molecule has 0 aliphatic carbocycles. The Kier molecular flexibility index (Phi) is 4.66. The van der Waals surface area contributed by atoms with E-state index < -0.39 is 0 Å². The Morgan fingerprint density at radius 2 is 2.00 bits per heavy atom. The highest BCUT2D eigenvalue weighted by atomic mass is 79.9. The Morgan fingerprint density at radius 1 is 1.25 bits per heavy atom. The molecule has 20 heavy (non-hydrogen) atoms. The van der Waals surface area contributed by atoms with Crippen LogP contribution in [-0.2, 0) is 0 Å². The Bertz CT molecular complexity index is 726. The van der Waals surface area contributed by atoms with Crippen LogP contribution in [0.1, 0.15) is 15.9 Å². The maximum atomic E-state index is 12.1. The van der Waals surface area contributed by atoms with E-state index in [-0.39, 0.29) is 10.9 Å². The van der Waals surface area contributed by atoms with Crippen LogP contribution in [0, 0.1) is 11.3 Å². The van der Waals surface area contributed by atoms with Crippen molar-refractivity contribution in [3.05, 3.63) is 62.0 Å². The van der Waals surface area contributed by atoms with Gasteiger partial charge in [-0.1, -0.05) is 29.3 Å². The van der Waals surface area contributed by atoms with Gasteiger partial charge in [0.05, 0.1) is 21.2 Å². The summed E-state index contributed by atoms with van der Waals surface area (Å²) in [4.78, 5) is 12.1. The zero-order valence-electron chi connectivity index (χ0n) is 9.95. The van der Waals surface area contributed by atoms with Crippen LogP contribution in [0.4, 0.5) is 5.69 Å². The molecule has 2 aromatic rings. The van der Waals surface area contributed by atoms with Crippen molar-refractivity contribution in [2.75, 3.05) is 5.32 Å². The molecule has 2 rings (SSSR count). The number of nitrogens with zero attached hydrogens (tertiary/aromatic N) is 1. The van der Waals surface area contributed by atoms with Crippen LogP contribution < -0.4 is 5.32 Å². The summed E-state index contributed by atoms with van der Waals surface area (Å²) in [6.07, 6.45) is 0. The molecule has 0 radical (unpaired) electrons. The first kappa shape index (κ1) is 14.9. The summed E-state index contributed by atoms with van der Waals surface area (Å²) in [5.41, 5.74) is 1.20. The molecule has 0 aromatic heterocycles. The molecule has 0 aliphatic heterocycles. The largest absolute Gasteiger partial charge is 0.322 e. The second-order valence-electron chi connectivity index (χ2n) is 3.86. The van der Waals surface area contributed by atoms with Gasteiger partial charge in [-0.2, -0.15) is 5.26 Å². The van der Waals surface area contributed by atoms with Crippen LogP contribution in [0.15, 0.2) is 40.9 Å². The average molecular weight is 370 g/mol. The second-order valence-corrected chi connectivity index (χ2v) is 5.50. The number of hydrogen-bond acceptors (Lipinski definition) is 2. The van der Waals surface area contributed by atoms with Gasteiger partial charge in [0.2, 0.25) is 0 Å². The van der Waals surface area contributed by atoms with E-state index in [2.05, 4.69) is 21.2 Å². The van der Waals surface area contributed by atoms with Crippen molar-refractivity contribution in [3.63, 3.8) is 0 Å². The smallest absolute Gasteiger partial charge is 0.257 e. The number of hydrogen-bond donors (Lipinski definition) is 1. The molecule has 0 heterocycles. The minimum Gasteiger partial charge on any atom is -0.322 e. The number of benzene rings is 2. The SMILES string of the molecule is N#Cc1ccc(NC(=O)c2cccc(Br)c2Cl)cc1Cl. The van der Waals surface area contributed by atoms with Crippen molar-refractivity contribution in [1.82, 2.24) is 0 Å². The number of halogens is 3. The molecule has 0 spiro atoms. The van der Waals surface area contributed by atoms with Gasteiger partial charge in [0.1, 0.15) is 6.07 Å².